The van der Waals surface area contributed by atoms with Gasteiger partial charge in [0.05, 0.1) is 16.2 Å². The molecule has 34 heavy (non-hydrogen) atoms. The standard InChI is InChI=1S/C27H26ClFN4S/c1-17-13-25-19(16-30-27(32-25)31-20-7-3-2-4-8-20)14-21(17)18-11-12-24(23(29)15-18)33-34-26-10-6-5-9-22(26)28/h5-6,9-16,20,33H,2-4,7-8H2,1H3,(H,30,31,32). The number of rotatable bonds is 6. The fraction of sp³-hybridized carbons (Fsp3) is 0.259. The molecule has 0 radical (unpaired) electrons. The zero-order valence-electron chi connectivity index (χ0n) is 18.9. The van der Waals surface area contributed by atoms with E-state index < -0.39 is 0 Å². The molecule has 4 aromatic rings. The highest BCUT2D eigenvalue weighted by molar-refractivity contribution is 8.00. The Morgan fingerprint density at radius 2 is 1.85 bits per heavy atom. The first-order valence-electron chi connectivity index (χ1n) is 11.6. The van der Waals surface area contributed by atoms with Crippen molar-refractivity contribution in [2.24, 2.45) is 0 Å². The van der Waals surface area contributed by atoms with Crippen molar-refractivity contribution in [3.05, 3.63) is 77.2 Å². The SMILES string of the molecule is Cc1cc2nc(NC3CCCCC3)ncc2cc1-c1ccc(NSc2ccccc2Cl)c(F)c1. The normalized spacial score (nSPS) is 14.3. The molecule has 1 aliphatic carbocycles. The summed E-state index contributed by atoms with van der Waals surface area (Å²) in [6.07, 6.45) is 8.04. The van der Waals surface area contributed by atoms with E-state index >= 15 is 0 Å². The fourth-order valence-corrected chi connectivity index (χ4v) is 5.35. The molecule has 0 saturated heterocycles. The minimum Gasteiger partial charge on any atom is -0.351 e. The molecule has 5 rings (SSSR count). The topological polar surface area (TPSA) is 49.8 Å². The van der Waals surface area contributed by atoms with Crippen molar-refractivity contribution in [1.82, 2.24) is 9.97 Å². The zero-order chi connectivity index (χ0) is 23.5. The van der Waals surface area contributed by atoms with E-state index in [9.17, 15) is 4.39 Å². The Kier molecular flexibility index (Phi) is 6.88. The van der Waals surface area contributed by atoms with Crippen molar-refractivity contribution in [2.45, 2.75) is 50.0 Å². The quantitative estimate of drug-likeness (QED) is 0.265. The van der Waals surface area contributed by atoms with Gasteiger partial charge in [0, 0.05) is 22.5 Å². The largest absolute Gasteiger partial charge is 0.351 e. The Bertz CT molecular complexity index is 1320. The molecule has 1 aromatic heterocycles. The molecule has 3 aromatic carbocycles. The van der Waals surface area contributed by atoms with Crippen molar-refractivity contribution in [3.63, 3.8) is 0 Å². The molecular weight excluding hydrogens is 467 g/mol. The number of fused-ring (bicyclic) bond motifs is 1. The van der Waals surface area contributed by atoms with Gasteiger partial charge in [-0.25, -0.2) is 14.4 Å². The van der Waals surface area contributed by atoms with E-state index in [0.29, 0.717) is 22.7 Å². The van der Waals surface area contributed by atoms with Crippen molar-refractivity contribution in [3.8, 4) is 11.1 Å². The lowest BCUT2D eigenvalue weighted by Crippen LogP contribution is -2.23. The van der Waals surface area contributed by atoms with Gasteiger partial charge in [-0.1, -0.05) is 49.1 Å². The number of hydrogen-bond donors (Lipinski definition) is 2. The lowest BCUT2D eigenvalue weighted by molar-refractivity contribution is 0.461. The van der Waals surface area contributed by atoms with Crippen LogP contribution >= 0.6 is 23.5 Å². The smallest absolute Gasteiger partial charge is 0.223 e. The third kappa shape index (κ3) is 5.13. The van der Waals surface area contributed by atoms with E-state index in [2.05, 4.69) is 21.1 Å². The molecule has 0 amide bonds. The summed E-state index contributed by atoms with van der Waals surface area (Å²) in [5, 5.41) is 5.06. The van der Waals surface area contributed by atoms with Crippen LogP contribution < -0.4 is 10.0 Å². The number of benzene rings is 3. The summed E-state index contributed by atoms with van der Waals surface area (Å²) < 4.78 is 18.0. The Labute approximate surface area is 208 Å². The predicted octanol–water partition coefficient (Wildman–Crippen LogP) is 8.26. The molecule has 1 aliphatic rings. The van der Waals surface area contributed by atoms with Gasteiger partial charge in [0.2, 0.25) is 5.95 Å². The predicted molar refractivity (Wildman–Crippen MR) is 141 cm³/mol. The molecule has 2 N–H and O–H groups in total. The van der Waals surface area contributed by atoms with E-state index in [-0.39, 0.29) is 5.82 Å². The van der Waals surface area contributed by atoms with Gasteiger partial charge in [-0.05, 0) is 84.8 Å². The van der Waals surface area contributed by atoms with E-state index in [1.165, 1.54) is 44.1 Å². The van der Waals surface area contributed by atoms with Gasteiger partial charge in [0.25, 0.3) is 0 Å². The number of nitrogens with one attached hydrogen (secondary N) is 2. The van der Waals surface area contributed by atoms with Gasteiger partial charge < -0.3 is 10.0 Å². The van der Waals surface area contributed by atoms with Gasteiger partial charge in [0.15, 0.2) is 0 Å². The van der Waals surface area contributed by atoms with Crippen LogP contribution in [0.3, 0.4) is 0 Å². The number of anilines is 2. The monoisotopic (exact) mass is 492 g/mol. The zero-order valence-corrected chi connectivity index (χ0v) is 20.5. The van der Waals surface area contributed by atoms with Gasteiger partial charge in [-0.15, -0.1) is 0 Å². The molecule has 4 nitrogen and oxygen atoms in total. The third-order valence-electron chi connectivity index (χ3n) is 6.25. The summed E-state index contributed by atoms with van der Waals surface area (Å²) in [6.45, 7) is 2.03. The molecule has 0 atom stereocenters. The van der Waals surface area contributed by atoms with Gasteiger partial charge in [0.1, 0.15) is 5.82 Å². The first-order chi connectivity index (χ1) is 16.6. The molecule has 7 heteroatoms. The second kappa shape index (κ2) is 10.2. The number of aromatic nitrogens is 2. The second-order valence-corrected chi connectivity index (χ2v) is 9.98. The molecular formula is C27H26ClFN4S. The first kappa shape index (κ1) is 22.9. The first-order valence-corrected chi connectivity index (χ1v) is 12.8. The van der Waals surface area contributed by atoms with Crippen molar-refractivity contribution >= 4 is 46.1 Å². The molecule has 1 saturated carbocycles. The van der Waals surface area contributed by atoms with E-state index in [1.54, 1.807) is 12.1 Å². The van der Waals surface area contributed by atoms with E-state index in [0.717, 1.165) is 32.5 Å². The van der Waals surface area contributed by atoms with Gasteiger partial charge >= 0.3 is 0 Å². The summed E-state index contributed by atoms with van der Waals surface area (Å²) in [5.74, 6) is 0.365. The van der Waals surface area contributed by atoms with Crippen LogP contribution in [0.4, 0.5) is 16.0 Å². The Balaban J connectivity index is 1.35. The Morgan fingerprint density at radius 3 is 2.65 bits per heavy atom. The minimum absolute atomic E-state index is 0.320. The van der Waals surface area contributed by atoms with Gasteiger partial charge in [-0.2, -0.15) is 0 Å². The summed E-state index contributed by atoms with van der Waals surface area (Å²) in [7, 11) is 0. The van der Waals surface area contributed by atoms with Crippen LogP contribution in [0.1, 0.15) is 37.7 Å². The van der Waals surface area contributed by atoms with Crippen LogP contribution in [0.25, 0.3) is 22.0 Å². The minimum atomic E-state index is -0.320. The maximum Gasteiger partial charge on any atom is 0.223 e. The van der Waals surface area contributed by atoms with E-state index in [4.69, 9.17) is 16.6 Å². The van der Waals surface area contributed by atoms with Crippen LogP contribution in [-0.4, -0.2) is 16.0 Å². The summed E-state index contributed by atoms with van der Waals surface area (Å²) in [5.41, 5.74) is 4.13. The number of nitrogens with zero attached hydrogens (tertiary/aromatic N) is 2. The maximum atomic E-state index is 14.9. The van der Waals surface area contributed by atoms with Crippen molar-refractivity contribution in [2.75, 3.05) is 10.0 Å². The summed E-state index contributed by atoms with van der Waals surface area (Å²) >= 11 is 7.48. The van der Waals surface area contributed by atoms with Crippen LogP contribution in [0.15, 0.2) is 65.7 Å². The maximum absolute atomic E-state index is 14.9. The van der Waals surface area contributed by atoms with Crippen LogP contribution in [-0.2, 0) is 0 Å². The number of aryl methyl sites for hydroxylation is 1. The molecule has 1 heterocycles. The summed E-state index contributed by atoms with van der Waals surface area (Å²) in [4.78, 5) is 10.1. The molecule has 0 spiro atoms. The van der Waals surface area contributed by atoms with Crippen LogP contribution in [0.2, 0.25) is 5.02 Å². The highest BCUT2D eigenvalue weighted by atomic mass is 35.5. The molecule has 0 aliphatic heterocycles. The Morgan fingerprint density at radius 1 is 1.03 bits per heavy atom. The lowest BCUT2D eigenvalue weighted by Gasteiger charge is -2.22. The van der Waals surface area contributed by atoms with Crippen molar-refractivity contribution < 1.29 is 4.39 Å². The molecule has 174 valence electrons. The average Bonchev–Trinajstić information content (AvgIpc) is 2.84. The number of hydrogen-bond acceptors (Lipinski definition) is 5. The van der Waals surface area contributed by atoms with E-state index in [1.807, 2.05) is 49.5 Å². The average molecular weight is 493 g/mol. The molecule has 0 unspecified atom stereocenters. The van der Waals surface area contributed by atoms with Crippen LogP contribution in [0.5, 0.6) is 0 Å². The third-order valence-corrected chi connectivity index (χ3v) is 7.59. The van der Waals surface area contributed by atoms with Gasteiger partial charge in [-0.3, -0.25) is 0 Å². The van der Waals surface area contributed by atoms with Crippen molar-refractivity contribution in [1.29, 1.82) is 0 Å². The highest BCUT2D eigenvalue weighted by Crippen LogP contribution is 2.33. The highest BCUT2D eigenvalue weighted by Gasteiger charge is 2.15. The lowest BCUT2D eigenvalue weighted by atomic mass is 9.96. The Hall–Kier alpha value is -2.83. The second-order valence-electron chi connectivity index (χ2n) is 8.73. The summed E-state index contributed by atoms with van der Waals surface area (Å²) in [6, 6.07) is 17.3. The number of halogens is 2. The fourth-order valence-electron chi connectivity index (χ4n) is 4.40. The molecule has 1 fully saturated rings. The molecule has 0 bridgehead atoms. The van der Waals surface area contributed by atoms with Crippen LogP contribution in [0, 0.1) is 12.7 Å².